The third kappa shape index (κ3) is 2.55. The molecule has 0 fully saturated rings. The highest BCUT2D eigenvalue weighted by molar-refractivity contribution is 5.92. The smallest absolute Gasteiger partial charge is 0.249 e. The van der Waals surface area contributed by atoms with Crippen LogP contribution in [0.25, 0.3) is 22.2 Å². The number of nitrogens with one attached hydrogen (secondary N) is 2. The number of nitrogens with zero attached hydrogens (tertiary/aromatic N) is 1. The van der Waals surface area contributed by atoms with E-state index in [9.17, 15) is 9.18 Å². The van der Waals surface area contributed by atoms with Crippen LogP contribution in [0.4, 0.5) is 4.39 Å². The van der Waals surface area contributed by atoms with Crippen LogP contribution in [0.3, 0.4) is 0 Å². The molecule has 2 aromatic heterocycles. The average Bonchev–Trinajstić information content (AvgIpc) is 2.47. The Balaban J connectivity index is 2.18. The van der Waals surface area contributed by atoms with Crippen molar-refractivity contribution >= 4 is 11.0 Å². The molecule has 21 heavy (non-hydrogen) atoms. The summed E-state index contributed by atoms with van der Waals surface area (Å²) in [7, 11) is 1.82. The molecular formula is C16H14FN3O. The zero-order valence-corrected chi connectivity index (χ0v) is 11.5. The van der Waals surface area contributed by atoms with E-state index in [2.05, 4.69) is 15.3 Å². The van der Waals surface area contributed by atoms with E-state index in [0.29, 0.717) is 23.3 Å². The van der Waals surface area contributed by atoms with E-state index in [-0.39, 0.29) is 11.4 Å². The molecular weight excluding hydrogens is 269 g/mol. The van der Waals surface area contributed by atoms with Gasteiger partial charge in [0.25, 0.3) is 0 Å². The lowest BCUT2D eigenvalue weighted by atomic mass is 10.0. The van der Waals surface area contributed by atoms with Gasteiger partial charge in [-0.3, -0.25) is 4.79 Å². The molecule has 0 saturated heterocycles. The lowest BCUT2D eigenvalue weighted by Gasteiger charge is -2.09. The molecule has 2 heterocycles. The van der Waals surface area contributed by atoms with Crippen LogP contribution in [-0.4, -0.2) is 17.0 Å². The van der Waals surface area contributed by atoms with E-state index in [0.717, 1.165) is 10.9 Å². The highest BCUT2D eigenvalue weighted by Crippen LogP contribution is 2.28. The van der Waals surface area contributed by atoms with Crippen LogP contribution in [0.5, 0.6) is 0 Å². The standard InChI is InChI=1S/C16H14FN3O/c1-18-9-10-2-3-12(14(17)8-10)11-6-7-19-16-13(11)4-5-15(21)20-16/h2-8,18H,9H2,1H3,(H,19,20,21). The second-order valence-electron chi connectivity index (χ2n) is 4.79. The number of fused-ring (bicyclic) bond motifs is 1. The van der Waals surface area contributed by atoms with Crippen LogP contribution in [-0.2, 0) is 6.54 Å². The van der Waals surface area contributed by atoms with Crippen LogP contribution in [0, 0.1) is 5.82 Å². The molecule has 0 bridgehead atoms. The maximum atomic E-state index is 14.3. The van der Waals surface area contributed by atoms with Crippen LogP contribution < -0.4 is 10.9 Å². The van der Waals surface area contributed by atoms with Crippen molar-refractivity contribution in [3.63, 3.8) is 0 Å². The number of benzene rings is 1. The molecule has 0 spiro atoms. The normalized spacial score (nSPS) is 11.0. The lowest BCUT2D eigenvalue weighted by molar-refractivity contribution is 0.627. The Labute approximate surface area is 120 Å². The second kappa shape index (κ2) is 5.46. The predicted octanol–water partition coefficient (Wildman–Crippen LogP) is 2.45. The summed E-state index contributed by atoms with van der Waals surface area (Å²) in [5.41, 5.74) is 2.32. The number of hydrogen-bond acceptors (Lipinski definition) is 3. The Morgan fingerprint density at radius 3 is 2.81 bits per heavy atom. The van der Waals surface area contributed by atoms with Gasteiger partial charge in [0, 0.05) is 29.8 Å². The first kappa shape index (κ1) is 13.5. The van der Waals surface area contributed by atoms with Crippen molar-refractivity contribution in [1.82, 2.24) is 15.3 Å². The number of halogens is 1. The first-order valence-corrected chi connectivity index (χ1v) is 6.60. The summed E-state index contributed by atoms with van der Waals surface area (Å²) in [5.74, 6) is -0.290. The molecule has 3 rings (SSSR count). The Hall–Kier alpha value is -2.53. The topological polar surface area (TPSA) is 57.8 Å². The van der Waals surface area contributed by atoms with Crippen LogP contribution in [0.15, 0.2) is 47.4 Å². The highest BCUT2D eigenvalue weighted by Gasteiger charge is 2.10. The summed E-state index contributed by atoms with van der Waals surface area (Å²) < 4.78 is 14.3. The zero-order chi connectivity index (χ0) is 14.8. The Morgan fingerprint density at radius 2 is 2.05 bits per heavy atom. The fourth-order valence-electron chi connectivity index (χ4n) is 2.38. The van der Waals surface area contributed by atoms with E-state index in [1.165, 1.54) is 12.1 Å². The SMILES string of the molecule is CNCc1ccc(-c2ccnc3[nH]c(=O)ccc23)c(F)c1. The van der Waals surface area contributed by atoms with Crippen LogP contribution in [0.2, 0.25) is 0 Å². The van der Waals surface area contributed by atoms with Crippen molar-refractivity contribution in [1.29, 1.82) is 0 Å². The largest absolute Gasteiger partial charge is 0.316 e. The summed E-state index contributed by atoms with van der Waals surface area (Å²) in [4.78, 5) is 18.1. The fourth-order valence-corrected chi connectivity index (χ4v) is 2.38. The Morgan fingerprint density at radius 1 is 1.19 bits per heavy atom. The molecule has 1 aromatic carbocycles. The van der Waals surface area contributed by atoms with Gasteiger partial charge < -0.3 is 10.3 Å². The first-order valence-electron chi connectivity index (χ1n) is 6.60. The van der Waals surface area contributed by atoms with Gasteiger partial charge in [0.15, 0.2) is 0 Å². The number of hydrogen-bond donors (Lipinski definition) is 2. The molecule has 0 amide bonds. The van der Waals surface area contributed by atoms with E-state index >= 15 is 0 Å². The third-order valence-electron chi connectivity index (χ3n) is 3.34. The summed E-state index contributed by atoms with van der Waals surface area (Å²) in [5, 5.41) is 3.71. The van der Waals surface area contributed by atoms with Crippen molar-refractivity contribution in [2.45, 2.75) is 6.54 Å². The number of aromatic amines is 1. The van der Waals surface area contributed by atoms with Crippen molar-refractivity contribution in [2.75, 3.05) is 7.05 Å². The maximum absolute atomic E-state index is 14.3. The van der Waals surface area contributed by atoms with Gasteiger partial charge in [-0.2, -0.15) is 0 Å². The van der Waals surface area contributed by atoms with Gasteiger partial charge in [-0.25, -0.2) is 9.37 Å². The fraction of sp³-hybridized carbons (Fsp3) is 0.125. The lowest BCUT2D eigenvalue weighted by Crippen LogP contribution is -2.06. The minimum Gasteiger partial charge on any atom is -0.316 e. The van der Waals surface area contributed by atoms with Gasteiger partial charge in [0.1, 0.15) is 11.5 Å². The maximum Gasteiger partial charge on any atom is 0.249 e. The monoisotopic (exact) mass is 283 g/mol. The summed E-state index contributed by atoms with van der Waals surface area (Å²) >= 11 is 0. The number of rotatable bonds is 3. The minimum absolute atomic E-state index is 0.225. The summed E-state index contributed by atoms with van der Waals surface area (Å²) in [6.07, 6.45) is 1.56. The quantitative estimate of drug-likeness (QED) is 0.776. The molecule has 0 aliphatic rings. The molecule has 5 heteroatoms. The van der Waals surface area contributed by atoms with Gasteiger partial charge in [-0.05, 0) is 36.4 Å². The molecule has 2 N–H and O–H groups in total. The van der Waals surface area contributed by atoms with Gasteiger partial charge >= 0.3 is 0 Å². The molecule has 106 valence electrons. The average molecular weight is 283 g/mol. The molecule has 3 aromatic rings. The van der Waals surface area contributed by atoms with Gasteiger partial charge in [0.05, 0.1) is 0 Å². The van der Waals surface area contributed by atoms with E-state index in [1.54, 1.807) is 24.4 Å². The van der Waals surface area contributed by atoms with Gasteiger partial charge in [-0.1, -0.05) is 12.1 Å². The summed E-state index contributed by atoms with van der Waals surface area (Å²) in [6.45, 7) is 0.613. The second-order valence-corrected chi connectivity index (χ2v) is 4.79. The van der Waals surface area contributed by atoms with Crippen molar-refractivity contribution < 1.29 is 4.39 Å². The molecule has 0 atom stereocenters. The summed E-state index contributed by atoms with van der Waals surface area (Å²) in [6, 6.07) is 9.98. The Kier molecular flexibility index (Phi) is 3.50. The minimum atomic E-state index is -0.290. The number of H-pyrrole nitrogens is 1. The van der Waals surface area contributed by atoms with Gasteiger partial charge in [0.2, 0.25) is 5.56 Å². The molecule has 0 unspecified atom stereocenters. The van der Waals surface area contributed by atoms with Crippen LogP contribution in [0.1, 0.15) is 5.56 Å². The Bertz CT molecular complexity index is 858. The predicted molar refractivity (Wildman–Crippen MR) is 80.5 cm³/mol. The molecule has 0 aliphatic carbocycles. The van der Waals surface area contributed by atoms with Crippen molar-refractivity contribution in [3.05, 3.63) is 64.3 Å². The zero-order valence-electron chi connectivity index (χ0n) is 11.5. The van der Waals surface area contributed by atoms with Crippen LogP contribution >= 0.6 is 0 Å². The van der Waals surface area contributed by atoms with E-state index in [4.69, 9.17) is 0 Å². The molecule has 4 nitrogen and oxygen atoms in total. The van der Waals surface area contributed by atoms with Crippen molar-refractivity contribution in [2.24, 2.45) is 0 Å². The number of aromatic nitrogens is 2. The van der Waals surface area contributed by atoms with E-state index < -0.39 is 0 Å². The van der Waals surface area contributed by atoms with Gasteiger partial charge in [-0.15, -0.1) is 0 Å². The molecule has 0 radical (unpaired) electrons. The van der Waals surface area contributed by atoms with Crippen molar-refractivity contribution in [3.8, 4) is 11.1 Å². The number of pyridine rings is 2. The molecule has 0 saturated carbocycles. The third-order valence-corrected chi connectivity index (χ3v) is 3.34. The highest BCUT2D eigenvalue weighted by atomic mass is 19.1. The molecule has 0 aliphatic heterocycles. The first-order chi connectivity index (χ1) is 10.2. The van der Waals surface area contributed by atoms with E-state index in [1.807, 2.05) is 13.1 Å².